The average Bonchev–Trinajstić information content (AvgIpc) is 2.52. The maximum absolute atomic E-state index is 14.0. The molecule has 4 heteroatoms. The second kappa shape index (κ2) is 5.56. The van der Waals surface area contributed by atoms with E-state index in [0.29, 0.717) is 5.69 Å². The monoisotopic (exact) mass is 297 g/mol. The number of anilines is 1. The smallest absolute Gasteiger partial charge is 0.261 e. The molecular weight excluding hydrogens is 284 g/mol. The van der Waals surface area contributed by atoms with Gasteiger partial charge >= 0.3 is 0 Å². The molecule has 0 heterocycles. The highest BCUT2D eigenvalue weighted by atomic mass is 19.1. The second-order valence-electron chi connectivity index (χ2n) is 5.03. The molecule has 3 aromatic rings. The average molecular weight is 297 g/mol. The fraction of sp³-hybridized carbons (Fsp3) is 0.0556. The maximum Gasteiger partial charge on any atom is 0.261 e. The molecule has 0 atom stereocenters. The number of carbonyl (C=O) groups excluding carboxylic acids is 1. The molecule has 0 aliphatic heterocycles. The topological polar surface area (TPSA) is 29.1 Å². The van der Waals surface area contributed by atoms with E-state index in [-0.39, 0.29) is 5.56 Å². The van der Waals surface area contributed by atoms with Gasteiger partial charge in [0.15, 0.2) is 0 Å². The third-order valence-electron chi connectivity index (χ3n) is 3.55. The maximum atomic E-state index is 14.0. The Balaban J connectivity index is 2.03. The van der Waals surface area contributed by atoms with Gasteiger partial charge in [0, 0.05) is 11.1 Å². The summed E-state index contributed by atoms with van der Waals surface area (Å²) in [7, 11) is 0. The number of hydrogen-bond acceptors (Lipinski definition) is 1. The van der Waals surface area contributed by atoms with Crippen LogP contribution < -0.4 is 5.32 Å². The Morgan fingerprint density at radius 3 is 2.50 bits per heavy atom. The van der Waals surface area contributed by atoms with Crippen LogP contribution in [0, 0.1) is 18.6 Å². The van der Waals surface area contributed by atoms with Gasteiger partial charge in [0.2, 0.25) is 0 Å². The molecule has 110 valence electrons. The van der Waals surface area contributed by atoms with Crippen molar-refractivity contribution in [3.05, 3.63) is 77.4 Å². The van der Waals surface area contributed by atoms with Crippen LogP contribution in [0.5, 0.6) is 0 Å². The number of hydrogen-bond donors (Lipinski definition) is 1. The second-order valence-corrected chi connectivity index (χ2v) is 5.03. The lowest BCUT2D eigenvalue weighted by atomic mass is 10.1. The first-order valence-electron chi connectivity index (χ1n) is 6.81. The fourth-order valence-corrected chi connectivity index (χ4v) is 2.38. The van der Waals surface area contributed by atoms with Gasteiger partial charge in [-0.2, -0.15) is 0 Å². The quantitative estimate of drug-likeness (QED) is 0.731. The Hall–Kier alpha value is -2.75. The van der Waals surface area contributed by atoms with Gasteiger partial charge < -0.3 is 5.32 Å². The van der Waals surface area contributed by atoms with Gasteiger partial charge in [0.05, 0.1) is 0 Å². The van der Waals surface area contributed by atoms with Crippen molar-refractivity contribution in [2.45, 2.75) is 6.92 Å². The molecule has 0 radical (unpaired) electrons. The third kappa shape index (κ3) is 2.44. The summed E-state index contributed by atoms with van der Waals surface area (Å²) in [5.74, 6) is -2.51. The van der Waals surface area contributed by atoms with Crippen LogP contribution in [0.1, 0.15) is 15.9 Å². The molecule has 0 aliphatic rings. The number of halogens is 2. The summed E-state index contributed by atoms with van der Waals surface area (Å²) in [6, 6.07) is 15.2. The van der Waals surface area contributed by atoms with E-state index in [1.807, 2.05) is 30.3 Å². The Morgan fingerprint density at radius 2 is 1.68 bits per heavy atom. The van der Waals surface area contributed by atoms with E-state index < -0.39 is 23.1 Å². The lowest BCUT2D eigenvalue weighted by molar-refractivity contribution is 0.101. The number of aryl methyl sites for hydroxylation is 1. The highest BCUT2D eigenvalue weighted by Gasteiger charge is 2.19. The van der Waals surface area contributed by atoms with Crippen LogP contribution in [0.2, 0.25) is 0 Å². The van der Waals surface area contributed by atoms with Crippen LogP contribution in [-0.4, -0.2) is 5.91 Å². The summed E-state index contributed by atoms with van der Waals surface area (Å²) in [4.78, 5) is 12.3. The molecule has 1 N–H and O–H groups in total. The zero-order valence-corrected chi connectivity index (χ0v) is 11.9. The Bertz CT molecular complexity index is 869. The minimum absolute atomic E-state index is 0.226. The Kier molecular flexibility index (Phi) is 3.59. The van der Waals surface area contributed by atoms with Crippen LogP contribution in [0.4, 0.5) is 14.5 Å². The van der Waals surface area contributed by atoms with Crippen molar-refractivity contribution in [2.75, 3.05) is 5.32 Å². The van der Waals surface area contributed by atoms with E-state index in [2.05, 4.69) is 5.32 Å². The fourth-order valence-electron chi connectivity index (χ4n) is 2.38. The molecule has 0 saturated carbocycles. The van der Waals surface area contributed by atoms with E-state index in [9.17, 15) is 13.6 Å². The minimum Gasteiger partial charge on any atom is -0.321 e. The van der Waals surface area contributed by atoms with Crippen LogP contribution in [0.3, 0.4) is 0 Å². The highest BCUT2D eigenvalue weighted by molar-refractivity contribution is 6.09. The largest absolute Gasteiger partial charge is 0.321 e. The van der Waals surface area contributed by atoms with Crippen LogP contribution in [-0.2, 0) is 0 Å². The first-order valence-corrected chi connectivity index (χ1v) is 6.81. The van der Waals surface area contributed by atoms with E-state index >= 15 is 0 Å². The van der Waals surface area contributed by atoms with Crippen molar-refractivity contribution in [3.63, 3.8) is 0 Å². The van der Waals surface area contributed by atoms with Crippen molar-refractivity contribution in [1.29, 1.82) is 0 Å². The molecule has 22 heavy (non-hydrogen) atoms. The zero-order chi connectivity index (χ0) is 15.7. The van der Waals surface area contributed by atoms with Gasteiger partial charge in [-0.15, -0.1) is 0 Å². The molecule has 1 amide bonds. The van der Waals surface area contributed by atoms with Gasteiger partial charge in [0.25, 0.3) is 5.91 Å². The summed E-state index contributed by atoms with van der Waals surface area (Å²) >= 11 is 0. The number of benzene rings is 3. The van der Waals surface area contributed by atoms with E-state index in [0.717, 1.165) is 16.8 Å². The van der Waals surface area contributed by atoms with Crippen molar-refractivity contribution in [2.24, 2.45) is 0 Å². The predicted molar refractivity (Wildman–Crippen MR) is 83.0 cm³/mol. The molecule has 0 fully saturated rings. The third-order valence-corrected chi connectivity index (χ3v) is 3.55. The molecule has 2 nitrogen and oxygen atoms in total. The standard InChI is InChI=1S/C18H13F2NO/c1-11-9-10-14(19)16(17(11)20)18(22)21-15-8-4-6-12-5-2-3-7-13(12)15/h2-10H,1H3,(H,21,22). The zero-order valence-electron chi connectivity index (χ0n) is 11.9. The minimum atomic E-state index is -0.874. The Labute approximate surface area is 126 Å². The molecule has 0 unspecified atom stereocenters. The lowest BCUT2D eigenvalue weighted by Gasteiger charge is -2.10. The first-order chi connectivity index (χ1) is 10.6. The first kappa shape index (κ1) is 14.2. The normalized spacial score (nSPS) is 10.7. The molecule has 3 rings (SSSR count). The molecule has 0 spiro atoms. The molecule has 0 bridgehead atoms. The van der Waals surface area contributed by atoms with Crippen molar-refractivity contribution in [1.82, 2.24) is 0 Å². The predicted octanol–water partition coefficient (Wildman–Crippen LogP) is 4.68. The molecule has 0 aliphatic carbocycles. The summed E-state index contributed by atoms with van der Waals surface area (Å²) in [6.07, 6.45) is 0. The summed E-state index contributed by atoms with van der Waals surface area (Å²) in [5, 5.41) is 4.34. The van der Waals surface area contributed by atoms with Crippen molar-refractivity contribution < 1.29 is 13.6 Å². The van der Waals surface area contributed by atoms with Crippen molar-refractivity contribution >= 4 is 22.4 Å². The lowest BCUT2D eigenvalue weighted by Crippen LogP contribution is -2.16. The molecule has 3 aromatic carbocycles. The van der Waals surface area contributed by atoms with Gasteiger partial charge in [-0.1, -0.05) is 42.5 Å². The summed E-state index contributed by atoms with van der Waals surface area (Å²) < 4.78 is 27.8. The van der Waals surface area contributed by atoms with E-state index in [4.69, 9.17) is 0 Å². The number of fused-ring (bicyclic) bond motifs is 1. The number of amides is 1. The van der Waals surface area contributed by atoms with E-state index in [1.54, 1.807) is 12.1 Å². The molecule has 0 saturated heterocycles. The van der Waals surface area contributed by atoms with Crippen LogP contribution in [0.15, 0.2) is 54.6 Å². The van der Waals surface area contributed by atoms with Gasteiger partial charge in [-0.05, 0) is 30.0 Å². The molecule has 0 aromatic heterocycles. The van der Waals surface area contributed by atoms with Crippen LogP contribution in [0.25, 0.3) is 10.8 Å². The number of carbonyl (C=O) groups is 1. The summed E-state index contributed by atoms with van der Waals surface area (Å²) in [6.45, 7) is 1.49. The van der Waals surface area contributed by atoms with E-state index in [1.165, 1.54) is 13.0 Å². The van der Waals surface area contributed by atoms with Crippen molar-refractivity contribution in [3.8, 4) is 0 Å². The SMILES string of the molecule is Cc1ccc(F)c(C(=O)Nc2cccc3ccccc23)c1F. The van der Waals surface area contributed by atoms with Gasteiger partial charge in [-0.3, -0.25) is 4.79 Å². The summed E-state index contributed by atoms with van der Waals surface area (Å²) in [5.41, 5.74) is 0.181. The highest BCUT2D eigenvalue weighted by Crippen LogP contribution is 2.24. The molecular formula is C18H13F2NO. The van der Waals surface area contributed by atoms with Gasteiger partial charge in [0.1, 0.15) is 17.2 Å². The number of nitrogens with one attached hydrogen (secondary N) is 1. The van der Waals surface area contributed by atoms with Crippen LogP contribution >= 0.6 is 0 Å². The number of rotatable bonds is 2. The Morgan fingerprint density at radius 1 is 0.955 bits per heavy atom. The van der Waals surface area contributed by atoms with Gasteiger partial charge in [-0.25, -0.2) is 8.78 Å².